The zero-order valence-corrected chi connectivity index (χ0v) is 12.6. The van der Waals surface area contributed by atoms with Crippen LogP contribution in [-0.2, 0) is 6.61 Å². The normalized spacial score (nSPS) is 10.7. The lowest BCUT2D eigenvalue weighted by Gasteiger charge is -2.11. The summed E-state index contributed by atoms with van der Waals surface area (Å²) in [5, 5.41) is 12.7. The Balaban J connectivity index is 2.03. The molecule has 3 N–H and O–H groups in total. The number of rotatable bonds is 3. The average molecular weight is 308 g/mol. The van der Waals surface area contributed by atoms with Crippen LogP contribution in [0.25, 0.3) is 10.9 Å². The molecule has 116 valence electrons. The fourth-order valence-electron chi connectivity index (χ4n) is 2.48. The summed E-state index contributed by atoms with van der Waals surface area (Å²) in [4.78, 5) is 27.1. The van der Waals surface area contributed by atoms with Crippen LogP contribution in [0.1, 0.15) is 21.5 Å². The molecule has 0 aliphatic heterocycles. The van der Waals surface area contributed by atoms with E-state index in [1.165, 1.54) is 6.07 Å². The van der Waals surface area contributed by atoms with E-state index in [0.29, 0.717) is 27.7 Å². The Kier molecular flexibility index (Phi) is 3.95. The monoisotopic (exact) mass is 308 g/mol. The number of hydrogen-bond donors (Lipinski definition) is 3. The maximum absolute atomic E-state index is 12.6. The Morgan fingerprint density at radius 2 is 1.96 bits per heavy atom. The van der Waals surface area contributed by atoms with Gasteiger partial charge in [-0.05, 0) is 30.2 Å². The van der Waals surface area contributed by atoms with Gasteiger partial charge in [0.1, 0.15) is 0 Å². The first-order chi connectivity index (χ1) is 11.1. The van der Waals surface area contributed by atoms with Crippen molar-refractivity contribution in [2.45, 2.75) is 13.5 Å². The van der Waals surface area contributed by atoms with Gasteiger partial charge < -0.3 is 15.4 Å². The van der Waals surface area contributed by atoms with Crippen molar-refractivity contribution in [3.05, 3.63) is 75.6 Å². The number of carbonyl (C=O) groups is 1. The third-order valence-corrected chi connectivity index (χ3v) is 3.73. The second-order valence-electron chi connectivity index (χ2n) is 5.35. The molecule has 0 saturated carbocycles. The van der Waals surface area contributed by atoms with Crippen LogP contribution in [0.2, 0.25) is 0 Å². The van der Waals surface area contributed by atoms with Gasteiger partial charge in [0, 0.05) is 22.7 Å². The SMILES string of the molecule is Cc1ccc(CO)cc1NC(=O)c1cc(=O)[nH]c2ccccc12. The van der Waals surface area contributed by atoms with Crippen LogP contribution >= 0.6 is 0 Å². The van der Waals surface area contributed by atoms with E-state index < -0.39 is 0 Å². The van der Waals surface area contributed by atoms with Crippen molar-refractivity contribution >= 4 is 22.5 Å². The van der Waals surface area contributed by atoms with Crippen LogP contribution in [0.15, 0.2) is 53.3 Å². The van der Waals surface area contributed by atoms with Gasteiger partial charge in [0.2, 0.25) is 5.56 Å². The zero-order valence-electron chi connectivity index (χ0n) is 12.6. The highest BCUT2D eigenvalue weighted by Crippen LogP contribution is 2.20. The molecule has 23 heavy (non-hydrogen) atoms. The molecular weight excluding hydrogens is 292 g/mol. The minimum atomic E-state index is -0.356. The molecule has 2 aromatic carbocycles. The highest BCUT2D eigenvalue weighted by Gasteiger charge is 2.13. The first-order valence-corrected chi connectivity index (χ1v) is 7.22. The average Bonchev–Trinajstić information content (AvgIpc) is 2.56. The standard InChI is InChI=1S/C18H16N2O3/c1-11-6-7-12(10-21)8-16(11)20-18(23)14-9-17(22)19-15-5-3-2-4-13(14)15/h2-9,21H,10H2,1H3,(H,19,22)(H,20,23). The van der Waals surface area contributed by atoms with Crippen LogP contribution in [0.3, 0.4) is 0 Å². The Morgan fingerprint density at radius 1 is 1.17 bits per heavy atom. The molecule has 0 unspecified atom stereocenters. The molecule has 3 aromatic rings. The number of benzene rings is 2. The fourth-order valence-corrected chi connectivity index (χ4v) is 2.48. The van der Waals surface area contributed by atoms with Crippen molar-refractivity contribution in [1.82, 2.24) is 4.98 Å². The molecule has 0 aliphatic rings. The van der Waals surface area contributed by atoms with E-state index in [-0.39, 0.29) is 18.1 Å². The number of nitrogens with one attached hydrogen (secondary N) is 2. The number of anilines is 1. The van der Waals surface area contributed by atoms with Crippen LogP contribution in [0.4, 0.5) is 5.69 Å². The van der Waals surface area contributed by atoms with Crippen LogP contribution < -0.4 is 10.9 Å². The van der Waals surface area contributed by atoms with Crippen LogP contribution in [-0.4, -0.2) is 16.0 Å². The van der Waals surface area contributed by atoms with Crippen molar-refractivity contribution in [1.29, 1.82) is 0 Å². The van der Waals surface area contributed by atoms with Gasteiger partial charge in [0.15, 0.2) is 0 Å². The minimum Gasteiger partial charge on any atom is -0.392 e. The van der Waals surface area contributed by atoms with Gasteiger partial charge in [-0.2, -0.15) is 0 Å². The number of aromatic amines is 1. The van der Waals surface area contributed by atoms with Crippen LogP contribution in [0.5, 0.6) is 0 Å². The Hall–Kier alpha value is -2.92. The number of H-pyrrole nitrogens is 1. The van der Waals surface area contributed by atoms with E-state index in [4.69, 9.17) is 0 Å². The number of para-hydroxylation sites is 1. The zero-order chi connectivity index (χ0) is 16.4. The summed E-state index contributed by atoms with van der Waals surface area (Å²) in [6, 6.07) is 13.8. The fraction of sp³-hybridized carbons (Fsp3) is 0.111. The Labute approximate surface area is 132 Å². The minimum absolute atomic E-state index is 0.100. The quantitative estimate of drug-likeness (QED) is 0.695. The number of aliphatic hydroxyl groups is 1. The second-order valence-corrected chi connectivity index (χ2v) is 5.35. The number of carbonyl (C=O) groups excluding carboxylic acids is 1. The van der Waals surface area contributed by atoms with Crippen molar-refractivity contribution in [2.75, 3.05) is 5.32 Å². The predicted molar refractivity (Wildman–Crippen MR) is 89.6 cm³/mol. The molecule has 0 fully saturated rings. The van der Waals surface area contributed by atoms with Crippen molar-refractivity contribution in [2.24, 2.45) is 0 Å². The second kappa shape index (κ2) is 6.06. The van der Waals surface area contributed by atoms with E-state index in [0.717, 1.165) is 5.56 Å². The van der Waals surface area contributed by atoms with Crippen LogP contribution in [0, 0.1) is 6.92 Å². The van der Waals surface area contributed by atoms with Gasteiger partial charge in [0.05, 0.1) is 12.2 Å². The van der Waals surface area contributed by atoms with Gasteiger partial charge >= 0.3 is 0 Å². The number of aliphatic hydroxyl groups excluding tert-OH is 1. The molecule has 0 atom stereocenters. The highest BCUT2D eigenvalue weighted by molar-refractivity contribution is 6.12. The summed E-state index contributed by atoms with van der Waals surface area (Å²) in [5.74, 6) is -0.356. The molecule has 3 rings (SSSR count). The van der Waals surface area contributed by atoms with Gasteiger partial charge in [0.25, 0.3) is 5.91 Å². The largest absolute Gasteiger partial charge is 0.392 e. The molecule has 0 radical (unpaired) electrons. The number of aromatic nitrogens is 1. The maximum Gasteiger partial charge on any atom is 0.256 e. The molecule has 1 aromatic heterocycles. The third-order valence-electron chi connectivity index (χ3n) is 3.73. The van der Waals surface area contributed by atoms with Gasteiger partial charge in [-0.25, -0.2) is 0 Å². The summed E-state index contributed by atoms with van der Waals surface area (Å²) in [6.07, 6.45) is 0. The van der Waals surface area contributed by atoms with Crippen molar-refractivity contribution < 1.29 is 9.90 Å². The molecular formula is C18H16N2O3. The van der Waals surface area contributed by atoms with Crippen molar-refractivity contribution in [3.63, 3.8) is 0 Å². The third kappa shape index (κ3) is 3.00. The molecule has 5 heteroatoms. The van der Waals surface area contributed by atoms with Gasteiger partial charge in [-0.3, -0.25) is 9.59 Å². The topological polar surface area (TPSA) is 82.2 Å². The summed E-state index contributed by atoms with van der Waals surface area (Å²) < 4.78 is 0. The first kappa shape index (κ1) is 15.0. The molecule has 0 saturated heterocycles. The van der Waals surface area contributed by atoms with Gasteiger partial charge in [-0.15, -0.1) is 0 Å². The lowest BCUT2D eigenvalue weighted by atomic mass is 10.1. The smallest absolute Gasteiger partial charge is 0.256 e. The molecule has 5 nitrogen and oxygen atoms in total. The highest BCUT2D eigenvalue weighted by atomic mass is 16.3. The Bertz CT molecular complexity index is 944. The maximum atomic E-state index is 12.6. The summed E-state index contributed by atoms with van der Waals surface area (Å²) in [5.41, 5.74) is 2.82. The molecule has 0 bridgehead atoms. The molecule has 1 heterocycles. The number of hydrogen-bond acceptors (Lipinski definition) is 3. The van der Waals surface area contributed by atoms with E-state index in [2.05, 4.69) is 10.3 Å². The van der Waals surface area contributed by atoms with E-state index in [1.807, 2.05) is 19.1 Å². The molecule has 1 amide bonds. The van der Waals surface area contributed by atoms with E-state index in [9.17, 15) is 14.7 Å². The Morgan fingerprint density at radius 3 is 2.74 bits per heavy atom. The van der Waals surface area contributed by atoms with Crippen molar-refractivity contribution in [3.8, 4) is 0 Å². The molecule has 0 aliphatic carbocycles. The lowest BCUT2D eigenvalue weighted by Crippen LogP contribution is -2.17. The summed E-state index contributed by atoms with van der Waals surface area (Å²) in [7, 11) is 0. The summed E-state index contributed by atoms with van der Waals surface area (Å²) in [6.45, 7) is 1.77. The predicted octanol–water partition coefficient (Wildman–Crippen LogP) is 2.58. The number of amides is 1. The van der Waals surface area contributed by atoms with E-state index >= 15 is 0 Å². The number of fused-ring (bicyclic) bond motifs is 1. The number of pyridine rings is 1. The lowest BCUT2D eigenvalue weighted by molar-refractivity contribution is 0.102. The van der Waals surface area contributed by atoms with Gasteiger partial charge in [-0.1, -0.05) is 30.3 Å². The molecule has 0 spiro atoms. The number of aryl methyl sites for hydroxylation is 1. The first-order valence-electron chi connectivity index (χ1n) is 7.22. The summed E-state index contributed by atoms with van der Waals surface area (Å²) >= 11 is 0. The van der Waals surface area contributed by atoms with E-state index in [1.54, 1.807) is 30.3 Å².